The largest absolute Gasteiger partial charge is 0.453 e. The first-order valence-corrected chi connectivity index (χ1v) is 5.06. The Morgan fingerprint density at radius 1 is 1.62 bits per heavy atom. The van der Waals surface area contributed by atoms with Crippen LogP contribution in [0.5, 0.6) is 0 Å². The second-order valence-electron chi connectivity index (χ2n) is 3.03. The molecule has 0 unspecified atom stereocenters. The van der Waals surface area contributed by atoms with Crippen molar-refractivity contribution < 1.29 is 9.53 Å². The monoisotopic (exact) mass is 194 g/mol. The van der Waals surface area contributed by atoms with Gasteiger partial charge < -0.3 is 4.74 Å². The Bertz CT molecular complexity index is 338. The predicted octanol–water partition coefficient (Wildman–Crippen LogP) is 2.68. The highest BCUT2D eigenvalue weighted by atomic mass is 32.1. The number of rotatable bonds is 1. The van der Waals surface area contributed by atoms with Crippen LogP contribution in [0.3, 0.4) is 0 Å². The van der Waals surface area contributed by atoms with Gasteiger partial charge in [0.1, 0.15) is 6.10 Å². The van der Waals surface area contributed by atoms with E-state index >= 15 is 0 Å². The summed E-state index contributed by atoms with van der Waals surface area (Å²) in [5, 5.41) is 1.99. The van der Waals surface area contributed by atoms with E-state index in [-0.39, 0.29) is 12.1 Å². The number of carbonyl (C=O) groups is 1. The SMILES string of the molecule is CC1=CC[C@@H](c2cccs2)OC1=O. The fourth-order valence-electron chi connectivity index (χ4n) is 1.29. The van der Waals surface area contributed by atoms with E-state index in [4.69, 9.17) is 4.74 Å². The fraction of sp³-hybridized carbons (Fsp3) is 0.300. The maximum absolute atomic E-state index is 11.2. The van der Waals surface area contributed by atoms with Gasteiger partial charge in [0, 0.05) is 16.9 Å². The molecule has 0 amide bonds. The normalized spacial score (nSPS) is 22.4. The minimum absolute atomic E-state index is 0.0591. The Morgan fingerprint density at radius 3 is 3.08 bits per heavy atom. The zero-order chi connectivity index (χ0) is 9.26. The van der Waals surface area contributed by atoms with E-state index in [9.17, 15) is 4.79 Å². The summed E-state index contributed by atoms with van der Waals surface area (Å²) in [5.41, 5.74) is 0.716. The number of hydrogen-bond donors (Lipinski definition) is 0. The van der Waals surface area contributed by atoms with Crippen LogP contribution in [-0.4, -0.2) is 5.97 Å². The third-order valence-electron chi connectivity index (χ3n) is 2.07. The third-order valence-corrected chi connectivity index (χ3v) is 3.03. The molecule has 0 aromatic carbocycles. The van der Waals surface area contributed by atoms with Crippen LogP contribution in [0.1, 0.15) is 24.3 Å². The lowest BCUT2D eigenvalue weighted by Crippen LogP contribution is -2.15. The number of ether oxygens (including phenoxy) is 1. The Morgan fingerprint density at radius 2 is 2.46 bits per heavy atom. The average molecular weight is 194 g/mol. The number of thiophene rings is 1. The molecular weight excluding hydrogens is 184 g/mol. The zero-order valence-electron chi connectivity index (χ0n) is 7.32. The lowest BCUT2D eigenvalue weighted by molar-refractivity contribution is -0.145. The third kappa shape index (κ3) is 1.65. The second-order valence-corrected chi connectivity index (χ2v) is 4.01. The van der Waals surface area contributed by atoms with Crippen LogP contribution in [0, 0.1) is 0 Å². The molecule has 2 rings (SSSR count). The summed E-state index contributed by atoms with van der Waals surface area (Å²) < 4.78 is 5.25. The van der Waals surface area contributed by atoms with Crippen molar-refractivity contribution in [2.75, 3.05) is 0 Å². The summed E-state index contributed by atoms with van der Waals surface area (Å²) in [5.74, 6) is -0.190. The first kappa shape index (κ1) is 8.51. The predicted molar refractivity (Wildman–Crippen MR) is 51.5 cm³/mol. The van der Waals surface area contributed by atoms with Gasteiger partial charge in [0.05, 0.1) is 0 Å². The van der Waals surface area contributed by atoms with E-state index in [1.807, 2.05) is 23.6 Å². The Kier molecular flexibility index (Phi) is 2.19. The Labute approximate surface area is 80.8 Å². The lowest BCUT2D eigenvalue weighted by atomic mass is 10.1. The fourth-order valence-corrected chi connectivity index (χ4v) is 2.05. The molecule has 3 heteroatoms. The Hall–Kier alpha value is -1.09. The van der Waals surface area contributed by atoms with Crippen molar-refractivity contribution in [1.82, 2.24) is 0 Å². The molecule has 1 aromatic rings. The number of esters is 1. The number of hydrogen-bond acceptors (Lipinski definition) is 3. The van der Waals surface area contributed by atoms with Gasteiger partial charge in [-0.3, -0.25) is 0 Å². The highest BCUT2D eigenvalue weighted by Gasteiger charge is 2.21. The van der Waals surface area contributed by atoms with Gasteiger partial charge in [-0.05, 0) is 18.4 Å². The zero-order valence-corrected chi connectivity index (χ0v) is 8.14. The van der Waals surface area contributed by atoms with Crippen LogP contribution in [-0.2, 0) is 9.53 Å². The minimum atomic E-state index is -0.190. The van der Waals surface area contributed by atoms with Crippen molar-refractivity contribution in [3.8, 4) is 0 Å². The molecule has 0 saturated carbocycles. The van der Waals surface area contributed by atoms with Gasteiger partial charge in [-0.15, -0.1) is 11.3 Å². The van der Waals surface area contributed by atoms with Crippen molar-refractivity contribution >= 4 is 17.3 Å². The summed E-state index contributed by atoms with van der Waals surface area (Å²) >= 11 is 1.63. The average Bonchev–Trinajstić information content (AvgIpc) is 2.62. The van der Waals surface area contributed by atoms with Crippen LogP contribution < -0.4 is 0 Å². The van der Waals surface area contributed by atoms with Crippen LogP contribution in [0.15, 0.2) is 29.2 Å². The first-order valence-electron chi connectivity index (χ1n) is 4.18. The van der Waals surface area contributed by atoms with E-state index in [1.54, 1.807) is 18.3 Å². The summed E-state index contributed by atoms with van der Waals surface area (Å²) in [6.45, 7) is 1.78. The lowest BCUT2D eigenvalue weighted by Gasteiger charge is -2.19. The van der Waals surface area contributed by atoms with Gasteiger partial charge in [-0.1, -0.05) is 12.1 Å². The summed E-state index contributed by atoms with van der Waals surface area (Å²) in [7, 11) is 0. The molecule has 1 aliphatic rings. The highest BCUT2D eigenvalue weighted by Crippen LogP contribution is 2.30. The molecule has 1 aromatic heterocycles. The van der Waals surface area contributed by atoms with Gasteiger partial charge in [0.15, 0.2) is 0 Å². The van der Waals surface area contributed by atoms with Gasteiger partial charge in [0.25, 0.3) is 0 Å². The minimum Gasteiger partial charge on any atom is -0.453 e. The van der Waals surface area contributed by atoms with E-state index < -0.39 is 0 Å². The van der Waals surface area contributed by atoms with Crippen LogP contribution in [0.25, 0.3) is 0 Å². The van der Waals surface area contributed by atoms with Crippen LogP contribution in [0.4, 0.5) is 0 Å². The van der Waals surface area contributed by atoms with Crippen LogP contribution >= 0.6 is 11.3 Å². The molecule has 1 aliphatic heterocycles. The standard InChI is InChI=1S/C10H10O2S/c1-7-4-5-8(12-10(7)11)9-3-2-6-13-9/h2-4,6,8H,5H2,1H3/t8-/m0/s1. The Balaban J connectivity index is 2.18. The molecule has 0 saturated heterocycles. The van der Waals surface area contributed by atoms with Gasteiger partial charge in [-0.2, -0.15) is 0 Å². The quantitative estimate of drug-likeness (QED) is 0.642. The van der Waals surface area contributed by atoms with Crippen molar-refractivity contribution in [3.05, 3.63) is 34.0 Å². The highest BCUT2D eigenvalue weighted by molar-refractivity contribution is 7.10. The van der Waals surface area contributed by atoms with Crippen LogP contribution in [0.2, 0.25) is 0 Å². The molecule has 13 heavy (non-hydrogen) atoms. The molecule has 0 fully saturated rings. The molecule has 0 bridgehead atoms. The maximum Gasteiger partial charge on any atom is 0.334 e. The molecule has 0 N–H and O–H groups in total. The van der Waals surface area contributed by atoms with Crippen molar-refractivity contribution in [1.29, 1.82) is 0 Å². The number of carbonyl (C=O) groups excluding carboxylic acids is 1. The van der Waals surface area contributed by atoms with Gasteiger partial charge >= 0.3 is 5.97 Å². The first-order chi connectivity index (χ1) is 6.27. The molecule has 2 heterocycles. The van der Waals surface area contributed by atoms with E-state index in [0.717, 1.165) is 11.3 Å². The van der Waals surface area contributed by atoms with Gasteiger partial charge in [0.2, 0.25) is 0 Å². The smallest absolute Gasteiger partial charge is 0.334 e. The topological polar surface area (TPSA) is 26.3 Å². The summed E-state index contributed by atoms with van der Waals surface area (Å²) in [6.07, 6.45) is 2.69. The second kappa shape index (κ2) is 3.34. The molecular formula is C10H10O2S. The molecule has 2 nitrogen and oxygen atoms in total. The van der Waals surface area contributed by atoms with Crippen molar-refractivity contribution in [3.63, 3.8) is 0 Å². The van der Waals surface area contributed by atoms with Gasteiger partial charge in [-0.25, -0.2) is 4.79 Å². The summed E-state index contributed by atoms with van der Waals surface area (Å²) in [4.78, 5) is 12.3. The molecule has 0 spiro atoms. The molecule has 68 valence electrons. The van der Waals surface area contributed by atoms with E-state index in [1.165, 1.54) is 0 Å². The summed E-state index contributed by atoms with van der Waals surface area (Å²) in [6, 6.07) is 3.97. The molecule has 1 atom stereocenters. The van der Waals surface area contributed by atoms with Crippen molar-refractivity contribution in [2.45, 2.75) is 19.4 Å². The van der Waals surface area contributed by atoms with Crippen molar-refractivity contribution in [2.24, 2.45) is 0 Å². The molecule has 0 radical (unpaired) electrons. The van der Waals surface area contributed by atoms with E-state index in [2.05, 4.69) is 0 Å². The van der Waals surface area contributed by atoms with E-state index in [0.29, 0.717) is 5.57 Å². The number of cyclic esters (lactones) is 1. The maximum atomic E-state index is 11.2. The molecule has 0 aliphatic carbocycles.